The van der Waals surface area contributed by atoms with Crippen molar-refractivity contribution < 1.29 is 5.11 Å². The topological polar surface area (TPSA) is 35.7 Å². The third kappa shape index (κ3) is 0.658. The Bertz CT molecular complexity index is 351. The Labute approximate surface area is 58.1 Å². The predicted octanol–water partition coefficient (Wildman–Crippen LogP) is 2.31. The van der Waals surface area contributed by atoms with Crippen LogP contribution in [0.2, 0.25) is 0 Å². The third-order valence-corrected chi connectivity index (χ3v) is 1.53. The molecule has 1 heterocycles. The zero-order chi connectivity index (χ0) is 6.97. The molecule has 1 radical (unpaired) electrons. The lowest BCUT2D eigenvalue weighted by molar-refractivity contribution is 0.355. The van der Waals surface area contributed by atoms with E-state index in [2.05, 4.69) is 4.98 Å². The standard InChI is InChI=1S/C8H6NO/c10-7-2-1-6-3-4-9-8(6)5-7/h1-5,9H. The van der Waals surface area contributed by atoms with Gasteiger partial charge in [0.05, 0.1) is 0 Å². The van der Waals surface area contributed by atoms with Crippen LogP contribution in [0.4, 0.5) is 0 Å². The molecule has 0 spiro atoms. The van der Waals surface area contributed by atoms with Gasteiger partial charge in [-0.05, 0) is 23.6 Å². The molecule has 49 valence electrons. The van der Waals surface area contributed by atoms with E-state index in [1.54, 1.807) is 12.1 Å². The first kappa shape index (κ1) is 5.35. The van der Waals surface area contributed by atoms with Gasteiger partial charge in [0.25, 0.3) is 0 Å². The van der Waals surface area contributed by atoms with Crippen molar-refractivity contribution in [3.8, 4) is 5.75 Å². The quantitative estimate of drug-likeness (QED) is 0.571. The van der Waals surface area contributed by atoms with Gasteiger partial charge in [0.1, 0.15) is 0 Å². The van der Waals surface area contributed by atoms with Crippen LogP contribution >= 0.6 is 0 Å². The molecule has 0 atom stereocenters. The second-order valence-electron chi connectivity index (χ2n) is 2.23. The summed E-state index contributed by atoms with van der Waals surface area (Å²) in [6, 6.07) is 6.91. The maximum atomic E-state index is 10.8. The highest BCUT2D eigenvalue weighted by Gasteiger charge is 1.94. The average molecular weight is 132 g/mol. The van der Waals surface area contributed by atoms with Crippen molar-refractivity contribution in [3.05, 3.63) is 30.5 Å². The highest BCUT2D eigenvalue weighted by Crippen LogP contribution is 2.17. The van der Waals surface area contributed by atoms with Gasteiger partial charge in [-0.15, -0.1) is 0 Å². The molecule has 2 nitrogen and oxygen atoms in total. The maximum absolute atomic E-state index is 10.8. The van der Waals surface area contributed by atoms with E-state index < -0.39 is 0 Å². The van der Waals surface area contributed by atoms with Crippen LogP contribution in [0.25, 0.3) is 10.9 Å². The Hall–Kier alpha value is -1.44. The molecule has 0 unspecified atom stereocenters. The van der Waals surface area contributed by atoms with Crippen LogP contribution in [0.1, 0.15) is 0 Å². The number of H-pyrrole nitrogens is 1. The summed E-state index contributed by atoms with van der Waals surface area (Å²) >= 11 is 0. The van der Waals surface area contributed by atoms with Crippen LogP contribution < -0.4 is 0 Å². The number of benzene rings is 1. The summed E-state index contributed by atoms with van der Waals surface area (Å²) in [5.74, 6) is 0.0509. The summed E-state index contributed by atoms with van der Waals surface area (Å²) < 4.78 is 0. The number of hydrogen-bond acceptors (Lipinski definition) is 0. The predicted molar refractivity (Wildman–Crippen MR) is 38.4 cm³/mol. The number of rotatable bonds is 0. The van der Waals surface area contributed by atoms with Crippen molar-refractivity contribution in [1.82, 2.24) is 4.98 Å². The normalized spacial score (nSPS) is 10.4. The minimum Gasteiger partial charge on any atom is -0.361 e. The van der Waals surface area contributed by atoms with E-state index in [9.17, 15) is 5.11 Å². The summed E-state index contributed by atoms with van der Waals surface area (Å²) in [5, 5.41) is 11.8. The van der Waals surface area contributed by atoms with Crippen molar-refractivity contribution in [1.29, 1.82) is 0 Å². The van der Waals surface area contributed by atoms with Crippen molar-refractivity contribution in [2.24, 2.45) is 0 Å². The Balaban J connectivity index is 2.86. The molecule has 2 aromatic rings. The van der Waals surface area contributed by atoms with Gasteiger partial charge >= 0.3 is 0 Å². The molecule has 1 aromatic heterocycles. The molecule has 0 aliphatic carbocycles. The van der Waals surface area contributed by atoms with Crippen LogP contribution in [0.5, 0.6) is 5.75 Å². The van der Waals surface area contributed by atoms with E-state index in [0.717, 1.165) is 10.9 Å². The molecule has 0 saturated heterocycles. The molecule has 0 aliphatic rings. The van der Waals surface area contributed by atoms with E-state index in [1.165, 1.54) is 0 Å². The second-order valence-corrected chi connectivity index (χ2v) is 2.23. The fourth-order valence-electron chi connectivity index (χ4n) is 1.03. The van der Waals surface area contributed by atoms with Gasteiger partial charge in [-0.25, -0.2) is 0 Å². The molecular formula is C8H6NO. The Kier molecular flexibility index (Phi) is 0.947. The van der Waals surface area contributed by atoms with Crippen molar-refractivity contribution in [3.63, 3.8) is 0 Å². The highest BCUT2D eigenvalue weighted by atomic mass is 16.3. The van der Waals surface area contributed by atoms with E-state index in [1.807, 2.05) is 18.3 Å². The second kappa shape index (κ2) is 1.77. The van der Waals surface area contributed by atoms with Crippen LogP contribution in [0.3, 0.4) is 0 Å². The molecule has 0 saturated carbocycles. The Morgan fingerprint density at radius 3 is 3.00 bits per heavy atom. The van der Waals surface area contributed by atoms with Gasteiger partial charge in [-0.2, -0.15) is 0 Å². The molecule has 0 amide bonds. The Morgan fingerprint density at radius 2 is 2.10 bits per heavy atom. The lowest BCUT2D eigenvalue weighted by Crippen LogP contribution is -1.64. The minimum absolute atomic E-state index is 0.0509. The molecule has 2 rings (SSSR count). The number of nitrogens with one attached hydrogen (secondary N) is 1. The van der Waals surface area contributed by atoms with Gasteiger partial charge in [-0.3, -0.25) is 5.11 Å². The first-order valence-corrected chi connectivity index (χ1v) is 3.10. The van der Waals surface area contributed by atoms with Gasteiger partial charge in [0.2, 0.25) is 0 Å². The molecule has 1 aromatic carbocycles. The average Bonchev–Trinajstić information content (AvgIpc) is 2.33. The van der Waals surface area contributed by atoms with Gasteiger partial charge < -0.3 is 4.98 Å². The van der Waals surface area contributed by atoms with Crippen LogP contribution in [0.15, 0.2) is 30.5 Å². The van der Waals surface area contributed by atoms with Crippen LogP contribution in [-0.4, -0.2) is 4.98 Å². The smallest absolute Gasteiger partial charge is 0.180 e. The molecule has 2 heteroatoms. The van der Waals surface area contributed by atoms with Crippen molar-refractivity contribution in [2.45, 2.75) is 0 Å². The molecule has 10 heavy (non-hydrogen) atoms. The largest absolute Gasteiger partial charge is 0.361 e. The molecule has 1 N–H and O–H groups in total. The summed E-state index contributed by atoms with van der Waals surface area (Å²) in [4.78, 5) is 2.96. The monoisotopic (exact) mass is 132 g/mol. The molecule has 0 fully saturated rings. The SMILES string of the molecule is [O]c1ccc2cc[nH]c2c1. The number of hydrogen-bond donors (Lipinski definition) is 1. The highest BCUT2D eigenvalue weighted by molar-refractivity contribution is 5.80. The van der Waals surface area contributed by atoms with Crippen LogP contribution in [0, 0.1) is 0 Å². The first-order chi connectivity index (χ1) is 4.86. The lowest BCUT2D eigenvalue weighted by atomic mass is 10.2. The van der Waals surface area contributed by atoms with Gasteiger partial charge in [-0.1, -0.05) is 0 Å². The maximum Gasteiger partial charge on any atom is 0.180 e. The van der Waals surface area contributed by atoms with Gasteiger partial charge in [0, 0.05) is 17.8 Å². The van der Waals surface area contributed by atoms with Crippen molar-refractivity contribution in [2.75, 3.05) is 0 Å². The fourth-order valence-corrected chi connectivity index (χ4v) is 1.03. The van der Waals surface area contributed by atoms with E-state index in [4.69, 9.17) is 0 Å². The minimum atomic E-state index is 0.0509. The lowest BCUT2D eigenvalue weighted by Gasteiger charge is -1.86. The fraction of sp³-hybridized carbons (Fsp3) is 0. The van der Waals surface area contributed by atoms with E-state index >= 15 is 0 Å². The summed E-state index contributed by atoms with van der Waals surface area (Å²) in [6.07, 6.45) is 1.82. The summed E-state index contributed by atoms with van der Waals surface area (Å²) in [6.45, 7) is 0. The number of aromatic amines is 1. The molecule has 0 bridgehead atoms. The summed E-state index contributed by atoms with van der Waals surface area (Å²) in [7, 11) is 0. The number of fused-ring (bicyclic) bond motifs is 1. The van der Waals surface area contributed by atoms with Gasteiger partial charge in [0.15, 0.2) is 5.75 Å². The molecular weight excluding hydrogens is 126 g/mol. The molecule has 0 aliphatic heterocycles. The van der Waals surface area contributed by atoms with Crippen molar-refractivity contribution >= 4 is 10.9 Å². The third-order valence-electron chi connectivity index (χ3n) is 1.53. The first-order valence-electron chi connectivity index (χ1n) is 3.10. The van der Waals surface area contributed by atoms with Crippen LogP contribution in [-0.2, 0) is 5.11 Å². The zero-order valence-electron chi connectivity index (χ0n) is 5.29. The number of aromatic nitrogens is 1. The Morgan fingerprint density at radius 1 is 1.20 bits per heavy atom. The van der Waals surface area contributed by atoms with E-state index in [0.29, 0.717) is 0 Å². The zero-order valence-corrected chi connectivity index (χ0v) is 5.29. The summed E-state index contributed by atoms with van der Waals surface area (Å²) in [5.41, 5.74) is 0.910. The van der Waals surface area contributed by atoms with E-state index in [-0.39, 0.29) is 5.75 Å².